The minimum Gasteiger partial charge on any atom is -0.383 e. The molecular formula is C20H27N3O2. The molecule has 25 heavy (non-hydrogen) atoms. The van der Waals surface area contributed by atoms with E-state index in [1.165, 1.54) is 16.7 Å². The number of nitrogens with zero attached hydrogens (tertiary/aromatic N) is 1. The topological polar surface area (TPSA) is 54.9 Å². The minimum absolute atomic E-state index is 0.586. The fraction of sp³-hybridized carbons (Fsp3) is 0.350. The maximum atomic E-state index is 5.87. The molecule has 2 rings (SSSR count). The maximum absolute atomic E-state index is 5.87. The van der Waals surface area contributed by atoms with Crippen molar-refractivity contribution < 1.29 is 9.47 Å². The van der Waals surface area contributed by atoms with Gasteiger partial charge in [-0.15, -0.1) is 0 Å². The van der Waals surface area contributed by atoms with Crippen molar-refractivity contribution in [1.29, 1.82) is 0 Å². The molecule has 0 bridgehead atoms. The zero-order valence-corrected chi connectivity index (χ0v) is 15.0. The van der Waals surface area contributed by atoms with E-state index in [2.05, 4.69) is 39.9 Å². The van der Waals surface area contributed by atoms with Gasteiger partial charge in [0.05, 0.1) is 19.8 Å². The van der Waals surface area contributed by atoms with E-state index in [9.17, 15) is 0 Å². The van der Waals surface area contributed by atoms with E-state index in [1.54, 1.807) is 14.2 Å². The van der Waals surface area contributed by atoms with E-state index in [0.29, 0.717) is 26.4 Å². The maximum Gasteiger partial charge on any atom is 0.191 e. The molecule has 2 N–H and O–H groups in total. The lowest BCUT2D eigenvalue weighted by atomic mass is 10.1. The summed E-state index contributed by atoms with van der Waals surface area (Å²) < 4.78 is 10.9. The Kier molecular flexibility index (Phi) is 8.52. The summed E-state index contributed by atoms with van der Waals surface area (Å²) in [6.07, 6.45) is 0. The summed E-state index contributed by atoms with van der Waals surface area (Å²) in [6.45, 7) is 3.26. The van der Waals surface area contributed by atoms with Gasteiger partial charge in [0.15, 0.2) is 5.96 Å². The molecule has 0 aliphatic carbocycles. The number of guanidine groups is 1. The zero-order chi connectivity index (χ0) is 17.7. The average Bonchev–Trinajstić information content (AvgIpc) is 2.66. The highest BCUT2D eigenvalue weighted by Gasteiger charge is 2.04. The Hall–Kier alpha value is -2.37. The molecule has 5 nitrogen and oxygen atoms in total. The molecule has 0 atom stereocenters. The summed E-state index contributed by atoms with van der Waals surface area (Å²) in [6, 6.07) is 18.5. The van der Waals surface area contributed by atoms with Crippen molar-refractivity contribution in [2.24, 2.45) is 4.99 Å². The van der Waals surface area contributed by atoms with Crippen LogP contribution in [0.1, 0.15) is 16.7 Å². The first-order chi connectivity index (χ1) is 12.3. The summed E-state index contributed by atoms with van der Waals surface area (Å²) in [5, 5.41) is 6.53. The lowest BCUT2D eigenvalue weighted by Gasteiger charge is -2.14. The van der Waals surface area contributed by atoms with Gasteiger partial charge in [0.25, 0.3) is 0 Å². The van der Waals surface area contributed by atoms with Crippen molar-refractivity contribution in [3.05, 3.63) is 71.3 Å². The molecular weight excluding hydrogens is 314 g/mol. The molecule has 0 aliphatic heterocycles. The summed E-state index contributed by atoms with van der Waals surface area (Å²) in [5.41, 5.74) is 3.56. The smallest absolute Gasteiger partial charge is 0.191 e. The molecule has 0 saturated heterocycles. The highest BCUT2D eigenvalue weighted by atomic mass is 16.5. The van der Waals surface area contributed by atoms with Gasteiger partial charge in [-0.1, -0.05) is 54.6 Å². The number of rotatable bonds is 9. The predicted molar refractivity (Wildman–Crippen MR) is 101 cm³/mol. The van der Waals surface area contributed by atoms with Gasteiger partial charge in [-0.3, -0.25) is 4.99 Å². The van der Waals surface area contributed by atoms with E-state index in [0.717, 1.165) is 12.5 Å². The van der Waals surface area contributed by atoms with Crippen LogP contribution in [0.4, 0.5) is 0 Å². The first kappa shape index (κ1) is 19.0. The van der Waals surface area contributed by atoms with Crippen LogP contribution in [0.15, 0.2) is 59.6 Å². The molecule has 2 aromatic rings. The second-order valence-corrected chi connectivity index (χ2v) is 5.59. The number of hydrogen-bond acceptors (Lipinski definition) is 3. The van der Waals surface area contributed by atoms with Crippen LogP contribution in [0.3, 0.4) is 0 Å². The van der Waals surface area contributed by atoms with Gasteiger partial charge >= 0.3 is 0 Å². The molecule has 0 spiro atoms. The molecule has 0 saturated carbocycles. The van der Waals surface area contributed by atoms with Crippen molar-refractivity contribution in [3.63, 3.8) is 0 Å². The van der Waals surface area contributed by atoms with Crippen LogP contribution in [-0.2, 0) is 29.2 Å². The Labute approximate surface area is 150 Å². The molecule has 0 heterocycles. The Bertz CT molecular complexity index is 644. The molecule has 0 aliphatic rings. The third-order valence-corrected chi connectivity index (χ3v) is 3.76. The largest absolute Gasteiger partial charge is 0.383 e. The van der Waals surface area contributed by atoms with E-state index >= 15 is 0 Å². The monoisotopic (exact) mass is 341 g/mol. The van der Waals surface area contributed by atoms with Crippen molar-refractivity contribution in [3.8, 4) is 0 Å². The highest BCUT2D eigenvalue weighted by molar-refractivity contribution is 5.79. The van der Waals surface area contributed by atoms with Crippen LogP contribution in [-0.4, -0.2) is 33.3 Å². The van der Waals surface area contributed by atoms with Crippen LogP contribution in [0.2, 0.25) is 0 Å². The molecule has 0 amide bonds. The fourth-order valence-corrected chi connectivity index (χ4v) is 2.39. The summed E-state index contributed by atoms with van der Waals surface area (Å²) in [4.78, 5) is 4.21. The van der Waals surface area contributed by atoms with Crippen LogP contribution >= 0.6 is 0 Å². The van der Waals surface area contributed by atoms with Crippen LogP contribution < -0.4 is 10.6 Å². The summed E-state index contributed by atoms with van der Waals surface area (Å²) in [5.74, 6) is 0.761. The zero-order valence-electron chi connectivity index (χ0n) is 15.0. The number of aliphatic imine (C=N–C) groups is 1. The number of hydrogen-bond donors (Lipinski definition) is 2. The van der Waals surface area contributed by atoms with Gasteiger partial charge in [0.2, 0.25) is 0 Å². The molecule has 0 aromatic heterocycles. The number of methoxy groups -OCH3 is 1. The lowest BCUT2D eigenvalue weighted by Crippen LogP contribution is -2.38. The molecule has 2 aromatic carbocycles. The molecule has 0 fully saturated rings. The Morgan fingerprint density at radius 3 is 2.36 bits per heavy atom. The van der Waals surface area contributed by atoms with Crippen LogP contribution in [0.5, 0.6) is 0 Å². The van der Waals surface area contributed by atoms with E-state index < -0.39 is 0 Å². The Balaban J connectivity index is 1.84. The fourth-order valence-electron chi connectivity index (χ4n) is 2.39. The lowest BCUT2D eigenvalue weighted by molar-refractivity contribution is 0.106. The van der Waals surface area contributed by atoms with Gasteiger partial charge in [-0.25, -0.2) is 0 Å². The minimum atomic E-state index is 0.586. The second-order valence-electron chi connectivity index (χ2n) is 5.59. The third kappa shape index (κ3) is 6.95. The number of benzene rings is 2. The quantitative estimate of drug-likeness (QED) is 0.418. The van der Waals surface area contributed by atoms with Gasteiger partial charge in [0, 0.05) is 27.2 Å². The van der Waals surface area contributed by atoms with E-state index in [-0.39, 0.29) is 0 Å². The Morgan fingerprint density at radius 1 is 0.920 bits per heavy atom. The standard InChI is InChI=1S/C20H27N3O2/c1-21-20(22-12-13-24-2)23-14-18-10-6-7-11-19(18)16-25-15-17-8-4-3-5-9-17/h3-11H,12-16H2,1-2H3,(H2,21,22,23). The van der Waals surface area contributed by atoms with Crippen LogP contribution in [0, 0.1) is 0 Å². The molecule has 134 valence electrons. The van der Waals surface area contributed by atoms with Crippen molar-refractivity contribution >= 4 is 5.96 Å². The van der Waals surface area contributed by atoms with Crippen molar-refractivity contribution in [1.82, 2.24) is 10.6 Å². The average molecular weight is 341 g/mol. The second kappa shape index (κ2) is 11.2. The number of nitrogens with one attached hydrogen (secondary N) is 2. The van der Waals surface area contributed by atoms with E-state index in [4.69, 9.17) is 9.47 Å². The SMILES string of the molecule is CN=C(NCCOC)NCc1ccccc1COCc1ccccc1. The first-order valence-electron chi connectivity index (χ1n) is 8.45. The molecule has 5 heteroatoms. The predicted octanol–water partition coefficient (Wildman–Crippen LogP) is 2.71. The van der Waals surface area contributed by atoms with Crippen molar-refractivity contribution in [2.45, 2.75) is 19.8 Å². The molecule has 0 unspecified atom stereocenters. The Morgan fingerprint density at radius 2 is 1.64 bits per heavy atom. The van der Waals surface area contributed by atoms with Gasteiger partial charge < -0.3 is 20.1 Å². The highest BCUT2D eigenvalue weighted by Crippen LogP contribution is 2.11. The number of ether oxygens (including phenoxy) is 2. The summed E-state index contributed by atoms with van der Waals surface area (Å²) in [7, 11) is 3.45. The normalized spacial score (nSPS) is 11.4. The van der Waals surface area contributed by atoms with Crippen molar-refractivity contribution in [2.75, 3.05) is 27.3 Å². The third-order valence-electron chi connectivity index (χ3n) is 3.76. The van der Waals surface area contributed by atoms with Gasteiger partial charge in [-0.05, 0) is 16.7 Å². The molecule has 0 radical (unpaired) electrons. The first-order valence-corrected chi connectivity index (χ1v) is 8.45. The van der Waals surface area contributed by atoms with Crippen LogP contribution in [0.25, 0.3) is 0 Å². The van der Waals surface area contributed by atoms with E-state index in [1.807, 2.05) is 30.3 Å². The van der Waals surface area contributed by atoms with Gasteiger partial charge in [-0.2, -0.15) is 0 Å². The van der Waals surface area contributed by atoms with Gasteiger partial charge in [0.1, 0.15) is 0 Å². The summed E-state index contributed by atoms with van der Waals surface area (Å²) >= 11 is 0.